The van der Waals surface area contributed by atoms with E-state index >= 15 is 0 Å². The first-order valence-electron chi connectivity index (χ1n) is 14.5. The molecule has 2 aliphatic rings. The smallest absolute Gasteiger partial charge is 0.254 e. The molecule has 0 radical (unpaired) electrons. The Labute approximate surface area is 253 Å². The SMILES string of the molecule is COc1ccc(-c2cnc3c(Nc4ccc(C(=O)N5CCN(C(=O)C6(N)CCNCC6)CC5)c(C)c4)nccn23)c(F)c1F. The lowest BCUT2D eigenvalue weighted by molar-refractivity contribution is -0.139. The third-order valence-corrected chi connectivity index (χ3v) is 8.47. The molecule has 2 fully saturated rings. The summed E-state index contributed by atoms with van der Waals surface area (Å²) in [5.41, 5.74) is 8.39. The predicted octanol–water partition coefficient (Wildman–Crippen LogP) is 3.10. The number of nitrogens with two attached hydrogens (primary N) is 1. The van der Waals surface area contributed by atoms with Gasteiger partial charge in [0.1, 0.15) is 0 Å². The fourth-order valence-corrected chi connectivity index (χ4v) is 5.90. The number of nitrogens with zero attached hydrogens (tertiary/aromatic N) is 5. The van der Waals surface area contributed by atoms with Gasteiger partial charge in [-0.3, -0.25) is 14.0 Å². The van der Waals surface area contributed by atoms with Crippen molar-refractivity contribution in [3.8, 4) is 17.0 Å². The number of ether oxygens (including phenoxy) is 1. The van der Waals surface area contributed by atoms with Gasteiger partial charge in [-0.2, -0.15) is 4.39 Å². The molecular formula is C31H34F2N8O3. The zero-order chi connectivity index (χ0) is 31.0. The van der Waals surface area contributed by atoms with Crippen molar-refractivity contribution < 1.29 is 23.1 Å². The summed E-state index contributed by atoms with van der Waals surface area (Å²) in [5, 5.41) is 6.47. The summed E-state index contributed by atoms with van der Waals surface area (Å²) in [6, 6.07) is 8.18. The van der Waals surface area contributed by atoms with Gasteiger partial charge in [0, 0.05) is 55.4 Å². The molecule has 2 aromatic carbocycles. The average molecular weight is 605 g/mol. The Balaban J connectivity index is 1.15. The number of methoxy groups -OCH3 is 1. The minimum Gasteiger partial charge on any atom is -0.494 e. The van der Waals surface area contributed by atoms with E-state index in [4.69, 9.17) is 10.5 Å². The zero-order valence-electron chi connectivity index (χ0n) is 24.6. The molecule has 0 atom stereocenters. The molecule has 2 aromatic heterocycles. The van der Waals surface area contributed by atoms with Gasteiger partial charge in [-0.05, 0) is 68.8 Å². The standard InChI is InChI=1S/C31H34F2N8O3/c1-19-17-20(3-4-21(19)29(42)39-13-15-40(16-14-39)30(43)31(34)7-9-35-10-8-31)38-27-28-37-18-23(41(28)12-11-36-27)22-5-6-24(44-2)26(33)25(22)32/h3-6,11-12,17-18,35H,7-10,13-16,34H2,1-2H3,(H,36,38). The van der Waals surface area contributed by atoms with Crippen LogP contribution >= 0.6 is 0 Å². The molecule has 4 aromatic rings. The van der Waals surface area contributed by atoms with Crippen molar-refractivity contribution in [3.63, 3.8) is 0 Å². The van der Waals surface area contributed by atoms with Gasteiger partial charge >= 0.3 is 0 Å². The maximum Gasteiger partial charge on any atom is 0.254 e. The minimum absolute atomic E-state index is 0.0330. The van der Waals surface area contributed by atoms with Gasteiger partial charge in [0.15, 0.2) is 23.0 Å². The van der Waals surface area contributed by atoms with Gasteiger partial charge < -0.3 is 30.9 Å². The van der Waals surface area contributed by atoms with Crippen LogP contribution in [0.5, 0.6) is 5.75 Å². The molecule has 44 heavy (non-hydrogen) atoms. The normalized spacial score (nSPS) is 16.7. The van der Waals surface area contributed by atoms with E-state index in [0.717, 1.165) is 18.7 Å². The highest BCUT2D eigenvalue weighted by Crippen LogP contribution is 2.32. The van der Waals surface area contributed by atoms with Gasteiger partial charge in [-0.15, -0.1) is 0 Å². The van der Waals surface area contributed by atoms with Crippen LogP contribution in [0, 0.1) is 18.6 Å². The Bertz CT molecular complexity index is 1730. The summed E-state index contributed by atoms with van der Waals surface area (Å²) >= 11 is 0. The van der Waals surface area contributed by atoms with E-state index in [9.17, 15) is 18.4 Å². The van der Waals surface area contributed by atoms with E-state index in [0.29, 0.717) is 67.4 Å². The van der Waals surface area contributed by atoms with Crippen molar-refractivity contribution in [2.24, 2.45) is 5.73 Å². The van der Waals surface area contributed by atoms with E-state index in [1.165, 1.54) is 31.6 Å². The maximum atomic E-state index is 14.8. The molecule has 11 nitrogen and oxygen atoms in total. The van der Waals surface area contributed by atoms with Gasteiger partial charge in [-0.25, -0.2) is 14.4 Å². The van der Waals surface area contributed by atoms with Crippen LogP contribution in [-0.4, -0.2) is 87.9 Å². The summed E-state index contributed by atoms with van der Waals surface area (Å²) in [4.78, 5) is 38.8. The third-order valence-electron chi connectivity index (χ3n) is 8.47. The summed E-state index contributed by atoms with van der Waals surface area (Å²) in [5.74, 6) is -2.03. The number of hydrogen-bond donors (Lipinski definition) is 3. The highest BCUT2D eigenvalue weighted by Gasteiger charge is 2.39. The van der Waals surface area contributed by atoms with Crippen LogP contribution in [0.2, 0.25) is 0 Å². The Kier molecular flexibility index (Phi) is 7.91. The Morgan fingerprint density at radius 2 is 1.75 bits per heavy atom. The molecule has 2 saturated heterocycles. The van der Waals surface area contributed by atoms with E-state index in [1.54, 1.807) is 32.5 Å². The average Bonchev–Trinajstić information content (AvgIpc) is 3.47. The van der Waals surface area contributed by atoms with Gasteiger partial charge in [-0.1, -0.05) is 0 Å². The van der Waals surface area contributed by atoms with Crippen LogP contribution in [0.3, 0.4) is 0 Å². The number of rotatable bonds is 6. The summed E-state index contributed by atoms with van der Waals surface area (Å²) in [6.45, 7) is 5.08. The molecule has 13 heteroatoms. The zero-order valence-corrected chi connectivity index (χ0v) is 24.6. The van der Waals surface area contributed by atoms with Crippen LogP contribution in [0.25, 0.3) is 16.9 Å². The van der Waals surface area contributed by atoms with Gasteiger partial charge in [0.05, 0.1) is 24.5 Å². The van der Waals surface area contributed by atoms with Crippen LogP contribution in [0.1, 0.15) is 28.8 Å². The quantitative estimate of drug-likeness (QED) is 0.306. The van der Waals surface area contributed by atoms with E-state index < -0.39 is 17.2 Å². The van der Waals surface area contributed by atoms with E-state index in [1.807, 2.05) is 13.0 Å². The molecule has 0 saturated carbocycles. The maximum absolute atomic E-state index is 14.8. The van der Waals surface area contributed by atoms with Crippen molar-refractivity contribution in [2.45, 2.75) is 25.3 Å². The summed E-state index contributed by atoms with van der Waals surface area (Å²) < 4.78 is 35.7. The second kappa shape index (κ2) is 11.8. The number of piperidine rings is 1. The molecule has 4 N–H and O–H groups in total. The number of aromatic nitrogens is 3. The second-order valence-corrected chi connectivity index (χ2v) is 11.2. The number of amides is 2. The lowest BCUT2D eigenvalue weighted by Gasteiger charge is -2.41. The first-order valence-corrected chi connectivity index (χ1v) is 14.5. The molecule has 6 rings (SSSR count). The first kappa shape index (κ1) is 29.5. The van der Waals surface area contributed by atoms with Crippen LogP contribution in [-0.2, 0) is 4.79 Å². The van der Waals surface area contributed by atoms with E-state index in [2.05, 4.69) is 20.6 Å². The largest absolute Gasteiger partial charge is 0.494 e. The first-order chi connectivity index (χ1) is 21.2. The van der Waals surface area contributed by atoms with Crippen molar-refractivity contribution in [1.29, 1.82) is 0 Å². The number of halogens is 2. The number of imidazole rings is 1. The highest BCUT2D eigenvalue weighted by molar-refractivity contribution is 5.96. The number of benzene rings is 2. The molecule has 0 spiro atoms. The van der Waals surface area contributed by atoms with Gasteiger partial charge in [0.25, 0.3) is 5.91 Å². The highest BCUT2D eigenvalue weighted by atomic mass is 19.2. The van der Waals surface area contributed by atoms with Crippen LogP contribution < -0.4 is 21.1 Å². The fourth-order valence-electron chi connectivity index (χ4n) is 5.90. The number of carbonyl (C=O) groups excluding carboxylic acids is 2. The number of piperazine rings is 1. The monoisotopic (exact) mass is 604 g/mol. The predicted molar refractivity (Wildman–Crippen MR) is 161 cm³/mol. The Hall–Kier alpha value is -4.62. The molecule has 4 heterocycles. The topological polar surface area (TPSA) is 130 Å². The summed E-state index contributed by atoms with van der Waals surface area (Å²) in [7, 11) is 1.27. The third kappa shape index (κ3) is 5.33. The molecule has 0 aliphatic carbocycles. The molecule has 2 aliphatic heterocycles. The number of aryl methyl sites for hydroxylation is 1. The summed E-state index contributed by atoms with van der Waals surface area (Å²) in [6.07, 6.45) is 5.82. The lowest BCUT2D eigenvalue weighted by atomic mass is 9.88. The number of fused-ring (bicyclic) bond motifs is 1. The van der Waals surface area contributed by atoms with Crippen molar-refractivity contribution >= 4 is 29.0 Å². The molecular weight excluding hydrogens is 570 g/mol. The Morgan fingerprint density at radius 1 is 1.02 bits per heavy atom. The number of nitrogens with one attached hydrogen (secondary N) is 2. The second-order valence-electron chi connectivity index (χ2n) is 11.2. The lowest BCUT2D eigenvalue weighted by Crippen LogP contribution is -2.62. The molecule has 0 unspecified atom stereocenters. The molecule has 0 bridgehead atoms. The van der Waals surface area contributed by atoms with Crippen molar-refractivity contribution in [3.05, 3.63) is 71.7 Å². The minimum atomic E-state index is -1.08. The fraction of sp³-hybridized carbons (Fsp3) is 0.355. The molecule has 2 amide bonds. The molecule has 230 valence electrons. The Morgan fingerprint density at radius 3 is 2.45 bits per heavy atom. The van der Waals surface area contributed by atoms with Crippen LogP contribution in [0.4, 0.5) is 20.3 Å². The number of carbonyl (C=O) groups is 2. The number of hydrogen-bond acceptors (Lipinski definition) is 8. The van der Waals surface area contributed by atoms with Gasteiger partial charge in [0.2, 0.25) is 11.7 Å². The number of anilines is 2. The van der Waals surface area contributed by atoms with E-state index in [-0.39, 0.29) is 23.1 Å². The van der Waals surface area contributed by atoms with Crippen molar-refractivity contribution in [1.82, 2.24) is 29.5 Å². The van der Waals surface area contributed by atoms with Crippen LogP contribution in [0.15, 0.2) is 48.9 Å². The van der Waals surface area contributed by atoms with Crippen molar-refractivity contribution in [2.75, 3.05) is 51.7 Å².